The fourth-order valence-corrected chi connectivity index (χ4v) is 2.51. The standard InChI is InChI=1S/C14H17Cl2NO3/c1-14(2,3)20-13(18)17-4-5-19-12-9(8-17)6-10(15)7-11(12)16/h6-7H,4-5,8H2,1-3H3. The number of halogens is 2. The van der Waals surface area contributed by atoms with Gasteiger partial charge >= 0.3 is 6.09 Å². The number of fused-ring (bicyclic) bond motifs is 1. The second-order valence-corrected chi connectivity index (χ2v) is 6.47. The number of benzene rings is 1. The lowest BCUT2D eigenvalue weighted by Gasteiger charge is -2.26. The number of carbonyl (C=O) groups is 1. The quantitative estimate of drug-likeness (QED) is 0.722. The maximum Gasteiger partial charge on any atom is 0.410 e. The van der Waals surface area contributed by atoms with Crippen LogP contribution in [0.3, 0.4) is 0 Å². The molecule has 1 heterocycles. The Hall–Kier alpha value is -1.13. The molecule has 0 aromatic heterocycles. The number of amides is 1. The van der Waals surface area contributed by atoms with E-state index in [-0.39, 0.29) is 6.09 Å². The molecular weight excluding hydrogens is 301 g/mol. The van der Waals surface area contributed by atoms with E-state index < -0.39 is 5.60 Å². The summed E-state index contributed by atoms with van der Waals surface area (Å²) in [5.74, 6) is 0.585. The van der Waals surface area contributed by atoms with Crippen LogP contribution in [0.4, 0.5) is 4.79 Å². The van der Waals surface area contributed by atoms with Gasteiger partial charge in [-0.1, -0.05) is 23.2 Å². The Balaban J connectivity index is 2.22. The molecule has 2 rings (SSSR count). The van der Waals surface area contributed by atoms with Crippen molar-refractivity contribution in [3.05, 3.63) is 27.7 Å². The first-order valence-corrected chi connectivity index (χ1v) is 7.10. The molecule has 6 heteroatoms. The number of nitrogens with zero attached hydrogens (tertiary/aromatic N) is 1. The third-order valence-corrected chi connectivity index (χ3v) is 3.20. The molecular formula is C14H17Cl2NO3. The van der Waals surface area contributed by atoms with E-state index >= 15 is 0 Å². The van der Waals surface area contributed by atoms with Crippen LogP contribution in [0.15, 0.2) is 12.1 Å². The van der Waals surface area contributed by atoms with Gasteiger partial charge in [-0.15, -0.1) is 0 Å². The Morgan fingerprint density at radius 2 is 2.05 bits per heavy atom. The highest BCUT2D eigenvalue weighted by Crippen LogP contribution is 2.34. The van der Waals surface area contributed by atoms with Crippen molar-refractivity contribution >= 4 is 29.3 Å². The third kappa shape index (κ3) is 3.70. The van der Waals surface area contributed by atoms with Crippen LogP contribution in [0.25, 0.3) is 0 Å². The summed E-state index contributed by atoms with van der Waals surface area (Å²) >= 11 is 12.1. The molecule has 0 radical (unpaired) electrons. The van der Waals surface area contributed by atoms with E-state index in [9.17, 15) is 4.79 Å². The predicted octanol–water partition coefficient (Wildman–Crippen LogP) is 4.12. The van der Waals surface area contributed by atoms with Crippen LogP contribution >= 0.6 is 23.2 Å². The van der Waals surface area contributed by atoms with Gasteiger partial charge in [-0.25, -0.2) is 4.79 Å². The number of carbonyl (C=O) groups excluding carboxylic acids is 1. The normalized spacial score (nSPS) is 15.2. The maximum atomic E-state index is 12.1. The first kappa shape index (κ1) is 15.3. The zero-order valence-electron chi connectivity index (χ0n) is 11.7. The molecule has 4 nitrogen and oxygen atoms in total. The van der Waals surface area contributed by atoms with Crippen molar-refractivity contribution in [1.29, 1.82) is 0 Å². The summed E-state index contributed by atoms with van der Waals surface area (Å²) in [4.78, 5) is 13.7. The monoisotopic (exact) mass is 317 g/mol. The van der Waals surface area contributed by atoms with E-state index in [1.807, 2.05) is 20.8 Å². The minimum absolute atomic E-state index is 0.366. The Morgan fingerprint density at radius 1 is 1.35 bits per heavy atom. The molecule has 0 bridgehead atoms. The van der Waals surface area contributed by atoms with Crippen molar-refractivity contribution in [1.82, 2.24) is 4.90 Å². The predicted molar refractivity (Wildman–Crippen MR) is 78.6 cm³/mol. The summed E-state index contributed by atoms with van der Waals surface area (Å²) in [5.41, 5.74) is 0.254. The Kier molecular flexibility index (Phi) is 4.35. The van der Waals surface area contributed by atoms with E-state index in [1.54, 1.807) is 17.0 Å². The lowest BCUT2D eigenvalue weighted by molar-refractivity contribution is 0.0225. The molecule has 0 saturated heterocycles. The minimum atomic E-state index is -0.529. The van der Waals surface area contributed by atoms with Crippen molar-refractivity contribution in [3.63, 3.8) is 0 Å². The zero-order valence-corrected chi connectivity index (χ0v) is 13.2. The van der Waals surface area contributed by atoms with Gasteiger partial charge in [0.05, 0.1) is 18.1 Å². The molecule has 0 unspecified atom stereocenters. The Morgan fingerprint density at radius 3 is 2.70 bits per heavy atom. The van der Waals surface area contributed by atoms with Gasteiger partial charge in [-0.3, -0.25) is 0 Å². The van der Waals surface area contributed by atoms with Crippen molar-refractivity contribution in [3.8, 4) is 5.75 Å². The van der Waals surface area contributed by atoms with E-state index in [0.29, 0.717) is 35.5 Å². The topological polar surface area (TPSA) is 38.8 Å². The molecule has 110 valence electrons. The van der Waals surface area contributed by atoms with Crippen LogP contribution < -0.4 is 4.74 Å². The van der Waals surface area contributed by atoms with Gasteiger partial charge in [0.25, 0.3) is 0 Å². The van der Waals surface area contributed by atoms with E-state index in [1.165, 1.54) is 0 Å². The van der Waals surface area contributed by atoms with Crippen LogP contribution in [-0.4, -0.2) is 29.7 Å². The maximum absolute atomic E-state index is 12.1. The van der Waals surface area contributed by atoms with Crippen LogP contribution in [0, 0.1) is 0 Å². The van der Waals surface area contributed by atoms with Crippen molar-refractivity contribution in [2.24, 2.45) is 0 Å². The molecule has 0 fully saturated rings. The minimum Gasteiger partial charge on any atom is -0.490 e. The molecule has 0 saturated carbocycles. The van der Waals surface area contributed by atoms with Crippen LogP contribution in [0.2, 0.25) is 10.0 Å². The molecule has 0 aliphatic carbocycles. The highest BCUT2D eigenvalue weighted by Gasteiger charge is 2.26. The average molecular weight is 318 g/mol. The molecule has 20 heavy (non-hydrogen) atoms. The first-order chi connectivity index (χ1) is 9.26. The molecule has 1 aromatic carbocycles. The van der Waals surface area contributed by atoms with Gasteiger partial charge in [-0.05, 0) is 32.9 Å². The second-order valence-electron chi connectivity index (χ2n) is 5.63. The summed E-state index contributed by atoms with van der Waals surface area (Å²) in [6.45, 7) is 6.68. The van der Waals surface area contributed by atoms with Gasteiger partial charge in [0.15, 0.2) is 0 Å². The molecule has 1 aliphatic rings. The highest BCUT2D eigenvalue weighted by atomic mass is 35.5. The van der Waals surface area contributed by atoms with Crippen LogP contribution in [-0.2, 0) is 11.3 Å². The number of hydrogen-bond donors (Lipinski definition) is 0. The fourth-order valence-electron chi connectivity index (χ4n) is 1.92. The lowest BCUT2D eigenvalue weighted by atomic mass is 10.2. The largest absolute Gasteiger partial charge is 0.490 e. The molecule has 0 atom stereocenters. The average Bonchev–Trinajstić information content (AvgIpc) is 2.48. The molecule has 0 spiro atoms. The second kappa shape index (κ2) is 5.70. The van der Waals surface area contributed by atoms with Crippen molar-refractivity contribution in [2.45, 2.75) is 32.9 Å². The van der Waals surface area contributed by atoms with Gasteiger partial charge in [0, 0.05) is 10.6 Å². The van der Waals surface area contributed by atoms with Crippen molar-refractivity contribution in [2.75, 3.05) is 13.2 Å². The Labute approximate surface area is 128 Å². The van der Waals surface area contributed by atoms with E-state index in [4.69, 9.17) is 32.7 Å². The SMILES string of the molecule is CC(C)(C)OC(=O)N1CCOc2c(Cl)cc(Cl)cc2C1. The van der Waals surface area contributed by atoms with E-state index in [2.05, 4.69) is 0 Å². The number of hydrogen-bond acceptors (Lipinski definition) is 3. The summed E-state index contributed by atoms with van der Waals surface area (Å²) < 4.78 is 11.0. The van der Waals surface area contributed by atoms with Crippen LogP contribution in [0.1, 0.15) is 26.3 Å². The number of rotatable bonds is 0. The van der Waals surface area contributed by atoms with E-state index in [0.717, 1.165) is 5.56 Å². The molecule has 1 aliphatic heterocycles. The summed E-state index contributed by atoms with van der Waals surface area (Å²) in [5, 5.41) is 0.974. The van der Waals surface area contributed by atoms with Gasteiger partial charge in [0.2, 0.25) is 0 Å². The number of ether oxygens (including phenoxy) is 2. The smallest absolute Gasteiger partial charge is 0.410 e. The molecule has 1 amide bonds. The first-order valence-electron chi connectivity index (χ1n) is 6.35. The molecule has 0 N–H and O–H groups in total. The third-order valence-electron chi connectivity index (χ3n) is 2.71. The lowest BCUT2D eigenvalue weighted by Crippen LogP contribution is -2.37. The molecule has 1 aromatic rings. The van der Waals surface area contributed by atoms with Crippen LogP contribution in [0.5, 0.6) is 5.75 Å². The summed E-state index contributed by atoms with van der Waals surface area (Å²) in [6.07, 6.45) is -0.370. The summed E-state index contributed by atoms with van der Waals surface area (Å²) in [6, 6.07) is 3.39. The zero-order chi connectivity index (χ0) is 14.9. The van der Waals surface area contributed by atoms with Gasteiger partial charge in [-0.2, -0.15) is 0 Å². The Bertz CT molecular complexity index is 526. The van der Waals surface area contributed by atoms with Crippen molar-refractivity contribution < 1.29 is 14.3 Å². The van der Waals surface area contributed by atoms with Gasteiger partial charge < -0.3 is 14.4 Å². The summed E-state index contributed by atoms with van der Waals surface area (Å²) in [7, 11) is 0. The van der Waals surface area contributed by atoms with Gasteiger partial charge in [0.1, 0.15) is 18.0 Å². The fraction of sp³-hybridized carbons (Fsp3) is 0.500. The highest BCUT2D eigenvalue weighted by molar-refractivity contribution is 6.35.